The Hall–Kier alpha value is -2.41. The minimum Gasteiger partial charge on any atom is -0.377 e. The molecule has 9 nitrogen and oxygen atoms in total. The molecule has 9 aliphatic heterocycles. The van der Waals surface area contributed by atoms with Gasteiger partial charge in [-0.1, -0.05) is 97.8 Å². The zero-order chi connectivity index (χ0) is 44.2. The van der Waals surface area contributed by atoms with Crippen molar-refractivity contribution in [2.24, 2.45) is 11.8 Å². The Morgan fingerprint density at radius 2 is 1.37 bits per heavy atom. The number of hydrogen-bond acceptors (Lipinski definition) is 9. The highest BCUT2D eigenvalue weighted by Gasteiger charge is 2.55. The first-order valence-electron chi connectivity index (χ1n) is 24.0. The molecule has 13 aliphatic rings. The second kappa shape index (κ2) is 23.9. The molecule has 2 aromatic carbocycles. The van der Waals surface area contributed by atoms with Crippen molar-refractivity contribution >= 4 is 17.7 Å². The predicted octanol–water partition coefficient (Wildman–Crippen LogP) is 10.9. The van der Waals surface area contributed by atoms with Crippen LogP contribution in [0.4, 0.5) is 0 Å². The fourth-order valence-electron chi connectivity index (χ4n) is 8.02. The van der Waals surface area contributed by atoms with Crippen LogP contribution in [0.2, 0.25) is 0 Å². The third kappa shape index (κ3) is 18.4. The molecule has 63 heavy (non-hydrogen) atoms. The summed E-state index contributed by atoms with van der Waals surface area (Å²) in [6.07, 6.45) is 25.3. The van der Waals surface area contributed by atoms with Crippen molar-refractivity contribution in [3.8, 4) is 0 Å². The summed E-state index contributed by atoms with van der Waals surface area (Å²) < 4.78 is 45.4. The van der Waals surface area contributed by atoms with Gasteiger partial charge in [-0.15, -0.1) is 18.2 Å². The molecule has 348 valence electrons. The van der Waals surface area contributed by atoms with E-state index in [0.717, 1.165) is 51.5 Å². The first-order valence-corrected chi connectivity index (χ1v) is 24.5. The molecule has 0 aromatic heterocycles. The van der Waals surface area contributed by atoms with Gasteiger partial charge in [0.1, 0.15) is 18.3 Å². The lowest BCUT2D eigenvalue weighted by Gasteiger charge is -2.22. The summed E-state index contributed by atoms with van der Waals surface area (Å²) in [6, 6.07) is 18.7. The lowest BCUT2D eigenvalue weighted by atomic mass is 9.80. The number of hydrogen-bond donors (Lipinski definition) is 0. The van der Waals surface area contributed by atoms with Crippen LogP contribution in [0.15, 0.2) is 85.5 Å². The fraction of sp³-hybridized carbons (Fsp3) is 0.660. The van der Waals surface area contributed by atoms with Crippen LogP contribution in [-0.2, 0) is 42.6 Å². The van der Waals surface area contributed by atoms with Crippen LogP contribution >= 0.6 is 11.6 Å². The van der Waals surface area contributed by atoms with E-state index in [2.05, 4.69) is 100 Å². The Kier molecular flexibility index (Phi) is 18.4. The van der Waals surface area contributed by atoms with Gasteiger partial charge in [0, 0.05) is 0 Å². The second-order valence-electron chi connectivity index (χ2n) is 19.0. The van der Waals surface area contributed by atoms with E-state index in [-0.39, 0.29) is 5.60 Å². The number of rotatable bonds is 4. The molecule has 0 radical (unpaired) electrons. The molecule has 0 bridgehead atoms. The molecular formula is C53H75ClO9. The maximum absolute atomic E-state index is 5.60. The molecule has 2 aromatic rings. The van der Waals surface area contributed by atoms with E-state index in [1.54, 1.807) is 0 Å². The Morgan fingerprint density at radius 3 is 1.86 bits per heavy atom. The van der Waals surface area contributed by atoms with Gasteiger partial charge in [-0.2, -0.15) is 0 Å². The monoisotopic (exact) mass is 891 g/mol. The average Bonchev–Trinajstić information content (AvgIpc) is 4.13. The maximum Gasteiger partial charge on any atom is 0.114 e. The van der Waals surface area contributed by atoms with Crippen molar-refractivity contribution in [1.29, 1.82) is 0 Å². The van der Waals surface area contributed by atoms with E-state index < -0.39 is 0 Å². The first-order chi connectivity index (χ1) is 30.6. The lowest BCUT2D eigenvalue weighted by Crippen LogP contribution is -2.21. The molecule has 0 spiro atoms. The van der Waals surface area contributed by atoms with Crippen molar-refractivity contribution in [1.82, 2.24) is 0 Å². The van der Waals surface area contributed by atoms with Gasteiger partial charge in [0.25, 0.3) is 0 Å². The van der Waals surface area contributed by atoms with Crippen molar-refractivity contribution < 1.29 is 42.6 Å². The van der Waals surface area contributed by atoms with E-state index in [4.69, 9.17) is 49.5 Å². The quantitative estimate of drug-likeness (QED) is 0.168. The smallest absolute Gasteiger partial charge is 0.114 e. The van der Waals surface area contributed by atoms with Gasteiger partial charge in [0.05, 0.1) is 100.0 Å². The van der Waals surface area contributed by atoms with Crippen molar-refractivity contribution in [2.75, 3.05) is 45.5 Å². The molecule has 3 saturated carbocycles. The van der Waals surface area contributed by atoms with Crippen molar-refractivity contribution in [2.45, 2.75) is 165 Å². The molecule has 9 heterocycles. The van der Waals surface area contributed by atoms with Crippen LogP contribution in [-0.4, -0.2) is 106 Å². The number of alkyl halides is 1. The molecule has 10 heteroatoms. The first kappa shape index (κ1) is 48.5. The van der Waals surface area contributed by atoms with E-state index in [9.17, 15) is 0 Å². The van der Waals surface area contributed by atoms with Crippen molar-refractivity contribution in [3.63, 3.8) is 0 Å². The van der Waals surface area contributed by atoms with Gasteiger partial charge >= 0.3 is 0 Å². The predicted molar refractivity (Wildman–Crippen MR) is 249 cm³/mol. The molecule has 12 fully saturated rings. The van der Waals surface area contributed by atoms with Crippen LogP contribution in [0.25, 0.3) is 6.08 Å². The molecule has 9 saturated heterocycles. The minimum absolute atomic E-state index is 0.270. The number of allylic oxidation sites excluding steroid dienone is 2. The van der Waals surface area contributed by atoms with E-state index in [1.165, 1.54) is 86.5 Å². The Balaban J connectivity index is 0.000000109. The third-order valence-electron chi connectivity index (χ3n) is 13.1. The fourth-order valence-corrected chi connectivity index (χ4v) is 8.20. The standard InChI is InChI=1S/C10H8O.C10H16O.C8H12O.C8H8O.C6H10O.C3H5ClO.2C3H6O.C2H4O/c1-2-4-8-7(3-1)5-6-9-10(8)11-9;1-7(2)8-4-5-10(3)9(6-8)11-10;1-2-6-3-4-7-8(5-6)9-7;1-2-4-7(5-3-1)8-6-9-8;1-2-4-6-5(3-1)7-6;4-1-3-2-5-3;2*1-3-2-4-3;1-2-3-1/h1-6,9-10H;8-9H,1,4-6H2,2-3H3;2,6-8H,1,3-5H2;1-5,8H,6H2;5-6H,1-4H2;3H,1-2H2;2*3H,2H2,1H3;1-2H2. The number of benzene rings is 2. The van der Waals surface area contributed by atoms with Gasteiger partial charge in [-0.05, 0) is 108 Å². The summed E-state index contributed by atoms with van der Waals surface area (Å²) in [6.45, 7) is 22.0. The topological polar surface area (TPSA) is 113 Å². The Morgan fingerprint density at radius 1 is 0.762 bits per heavy atom. The van der Waals surface area contributed by atoms with E-state index in [1.807, 2.05) is 18.2 Å². The van der Waals surface area contributed by atoms with Gasteiger partial charge in [0.2, 0.25) is 0 Å². The molecule has 15 rings (SSSR count). The van der Waals surface area contributed by atoms with Crippen LogP contribution < -0.4 is 0 Å². The summed E-state index contributed by atoms with van der Waals surface area (Å²) >= 11 is 5.27. The molecule has 14 unspecified atom stereocenters. The lowest BCUT2D eigenvalue weighted by molar-refractivity contribution is 0.303. The van der Waals surface area contributed by atoms with Gasteiger partial charge < -0.3 is 42.6 Å². The average molecular weight is 892 g/mol. The zero-order valence-electron chi connectivity index (χ0n) is 38.4. The van der Waals surface area contributed by atoms with Crippen LogP contribution in [0.3, 0.4) is 0 Å². The molecule has 0 amide bonds. The zero-order valence-corrected chi connectivity index (χ0v) is 39.2. The number of halogens is 1. The second-order valence-corrected chi connectivity index (χ2v) is 19.3. The summed E-state index contributed by atoms with van der Waals surface area (Å²) in [7, 11) is 0. The summed E-state index contributed by atoms with van der Waals surface area (Å²) in [4.78, 5) is 0. The SMILES string of the molecule is C1=CC2OC2c2ccccc21.C1CCC2OC2C1.C1CO1.C=C(C)C1CCC2(C)OC2C1.C=CC1CCC2OC2C1.CC1CO1.CC1CO1.ClCC1CO1.c1ccc(C2CO2)cc1. The minimum atomic E-state index is 0.270. The highest BCUT2D eigenvalue weighted by atomic mass is 35.5. The van der Waals surface area contributed by atoms with Gasteiger partial charge in [-0.3, -0.25) is 0 Å². The van der Waals surface area contributed by atoms with Crippen LogP contribution in [0.1, 0.15) is 121 Å². The summed E-state index contributed by atoms with van der Waals surface area (Å²) in [5.74, 6) is 2.14. The van der Waals surface area contributed by atoms with E-state index in [0.29, 0.717) is 73.0 Å². The van der Waals surface area contributed by atoms with Gasteiger partial charge in [-0.25, -0.2) is 0 Å². The Bertz CT molecular complexity index is 1700. The molecule has 0 N–H and O–H groups in total. The highest BCUT2D eigenvalue weighted by molar-refractivity contribution is 6.18. The number of ether oxygens (including phenoxy) is 9. The third-order valence-corrected chi connectivity index (χ3v) is 13.4. The molecule has 14 atom stereocenters. The molecular weight excluding hydrogens is 816 g/mol. The summed E-state index contributed by atoms with van der Waals surface area (Å²) in [5, 5.41) is 0. The number of fused-ring (bicyclic) bond motifs is 6. The van der Waals surface area contributed by atoms with Gasteiger partial charge in [0.15, 0.2) is 0 Å². The number of epoxide rings is 9. The van der Waals surface area contributed by atoms with E-state index >= 15 is 0 Å². The largest absolute Gasteiger partial charge is 0.377 e. The van der Waals surface area contributed by atoms with Crippen LogP contribution in [0.5, 0.6) is 0 Å². The Labute approximate surface area is 383 Å². The normalized spacial score (nSPS) is 38.3. The highest BCUT2D eigenvalue weighted by Crippen LogP contribution is 2.50. The van der Waals surface area contributed by atoms with Crippen LogP contribution in [0, 0.1) is 11.8 Å². The molecule has 4 aliphatic carbocycles. The summed E-state index contributed by atoms with van der Waals surface area (Å²) in [5.41, 5.74) is 5.57. The maximum atomic E-state index is 5.60. The van der Waals surface area contributed by atoms with Crippen molar-refractivity contribution in [3.05, 3.63) is 102 Å².